The van der Waals surface area contributed by atoms with E-state index in [0.29, 0.717) is 0 Å². The second kappa shape index (κ2) is 6.50. The van der Waals surface area contributed by atoms with Crippen molar-refractivity contribution in [2.24, 2.45) is 0 Å². The lowest BCUT2D eigenvalue weighted by molar-refractivity contribution is 0.171. The average Bonchev–Trinajstić information content (AvgIpc) is 2.44. The van der Waals surface area contributed by atoms with Crippen LogP contribution in [0, 0.1) is 0 Å². The largest absolute Gasteiger partial charge is 0.395 e. The van der Waals surface area contributed by atoms with Crippen LogP contribution in [0.2, 0.25) is 0 Å². The standard InChI is InChI=1S/C15H19NO2/c17-10-14(11-18)16-9-8-13-6-3-5-12-4-1-2-7-15(12)13/h1-7,14,16-18H,8-11H2. The molecule has 3 nitrogen and oxygen atoms in total. The predicted molar refractivity (Wildman–Crippen MR) is 73.6 cm³/mol. The molecule has 0 unspecified atom stereocenters. The Labute approximate surface area is 107 Å². The minimum atomic E-state index is -0.222. The molecule has 2 rings (SSSR count). The van der Waals surface area contributed by atoms with Gasteiger partial charge >= 0.3 is 0 Å². The summed E-state index contributed by atoms with van der Waals surface area (Å²) in [6.45, 7) is 0.678. The summed E-state index contributed by atoms with van der Waals surface area (Å²) in [5.41, 5.74) is 1.29. The molecule has 0 fully saturated rings. The fraction of sp³-hybridized carbons (Fsp3) is 0.333. The minimum Gasteiger partial charge on any atom is -0.395 e. The van der Waals surface area contributed by atoms with Crippen molar-refractivity contribution >= 4 is 10.8 Å². The van der Waals surface area contributed by atoms with Crippen LogP contribution < -0.4 is 5.32 Å². The van der Waals surface area contributed by atoms with E-state index in [1.54, 1.807) is 0 Å². The summed E-state index contributed by atoms with van der Waals surface area (Å²) in [5, 5.41) is 23.6. The monoisotopic (exact) mass is 245 g/mol. The number of benzene rings is 2. The van der Waals surface area contributed by atoms with Crippen molar-refractivity contribution in [3.63, 3.8) is 0 Å². The van der Waals surface area contributed by atoms with E-state index >= 15 is 0 Å². The molecule has 2 aromatic carbocycles. The van der Waals surface area contributed by atoms with Crippen molar-refractivity contribution in [2.45, 2.75) is 12.5 Å². The molecule has 0 bridgehead atoms. The van der Waals surface area contributed by atoms with Crippen molar-refractivity contribution in [2.75, 3.05) is 19.8 Å². The van der Waals surface area contributed by atoms with Crippen LogP contribution >= 0.6 is 0 Å². The molecule has 0 atom stereocenters. The fourth-order valence-electron chi connectivity index (χ4n) is 2.11. The molecule has 96 valence electrons. The van der Waals surface area contributed by atoms with Crippen LogP contribution in [0.25, 0.3) is 10.8 Å². The van der Waals surface area contributed by atoms with Gasteiger partial charge in [-0.05, 0) is 29.3 Å². The van der Waals surface area contributed by atoms with E-state index in [1.165, 1.54) is 16.3 Å². The molecule has 0 saturated heterocycles. The van der Waals surface area contributed by atoms with Crippen LogP contribution in [0.15, 0.2) is 42.5 Å². The lowest BCUT2D eigenvalue weighted by Crippen LogP contribution is -2.36. The molecule has 2 aromatic rings. The van der Waals surface area contributed by atoms with E-state index in [1.807, 2.05) is 12.1 Å². The molecule has 0 aliphatic rings. The lowest BCUT2D eigenvalue weighted by atomic mass is 10.0. The predicted octanol–water partition coefficient (Wildman–Crippen LogP) is 1.33. The highest BCUT2D eigenvalue weighted by Gasteiger charge is 2.05. The first-order valence-electron chi connectivity index (χ1n) is 6.27. The zero-order valence-electron chi connectivity index (χ0n) is 10.3. The van der Waals surface area contributed by atoms with Crippen LogP contribution in [0.4, 0.5) is 0 Å². The third-order valence-electron chi connectivity index (χ3n) is 3.15. The SMILES string of the molecule is OCC(CO)NCCc1cccc2ccccc12. The highest BCUT2D eigenvalue weighted by Crippen LogP contribution is 2.18. The van der Waals surface area contributed by atoms with Gasteiger partial charge in [0.15, 0.2) is 0 Å². The minimum absolute atomic E-state index is 0.0357. The highest BCUT2D eigenvalue weighted by molar-refractivity contribution is 5.85. The molecule has 0 spiro atoms. The molecule has 0 aliphatic carbocycles. The Balaban J connectivity index is 2.03. The van der Waals surface area contributed by atoms with Gasteiger partial charge in [0.25, 0.3) is 0 Å². The Hall–Kier alpha value is -1.42. The molecule has 0 aromatic heterocycles. The van der Waals surface area contributed by atoms with E-state index in [2.05, 4.69) is 35.6 Å². The smallest absolute Gasteiger partial charge is 0.0607 e. The first-order valence-corrected chi connectivity index (χ1v) is 6.27. The zero-order valence-corrected chi connectivity index (χ0v) is 10.3. The van der Waals surface area contributed by atoms with Crippen LogP contribution in [0.5, 0.6) is 0 Å². The van der Waals surface area contributed by atoms with Gasteiger partial charge in [-0.3, -0.25) is 0 Å². The van der Waals surface area contributed by atoms with Gasteiger partial charge in [-0.15, -0.1) is 0 Å². The molecule has 0 saturated carbocycles. The Bertz CT molecular complexity index is 489. The Morgan fingerprint density at radius 1 is 0.944 bits per heavy atom. The molecule has 3 N–H and O–H groups in total. The summed E-state index contributed by atoms with van der Waals surface area (Å²) in [6.07, 6.45) is 0.887. The molecule has 3 heteroatoms. The van der Waals surface area contributed by atoms with Gasteiger partial charge in [0.05, 0.1) is 19.3 Å². The summed E-state index contributed by atoms with van der Waals surface area (Å²) < 4.78 is 0. The maximum atomic E-state index is 8.97. The Kier molecular flexibility index (Phi) is 4.70. The number of hydrogen-bond acceptors (Lipinski definition) is 3. The fourth-order valence-corrected chi connectivity index (χ4v) is 2.11. The molecule has 0 heterocycles. The van der Waals surface area contributed by atoms with Gasteiger partial charge in [0, 0.05) is 0 Å². The van der Waals surface area contributed by atoms with Crippen molar-refractivity contribution in [3.8, 4) is 0 Å². The quantitative estimate of drug-likeness (QED) is 0.719. The van der Waals surface area contributed by atoms with Gasteiger partial charge in [0.2, 0.25) is 0 Å². The molecule has 0 aliphatic heterocycles. The van der Waals surface area contributed by atoms with Gasteiger partial charge in [0.1, 0.15) is 0 Å². The van der Waals surface area contributed by atoms with Crippen molar-refractivity contribution in [1.29, 1.82) is 0 Å². The van der Waals surface area contributed by atoms with Gasteiger partial charge in [-0.1, -0.05) is 42.5 Å². The normalized spacial score (nSPS) is 11.3. The van der Waals surface area contributed by atoms with E-state index in [9.17, 15) is 0 Å². The first-order chi connectivity index (χ1) is 8.85. The van der Waals surface area contributed by atoms with Crippen LogP contribution in [-0.2, 0) is 6.42 Å². The van der Waals surface area contributed by atoms with Crippen molar-refractivity contribution in [1.82, 2.24) is 5.32 Å². The first kappa shape index (κ1) is 13.0. The van der Waals surface area contributed by atoms with Crippen LogP contribution in [-0.4, -0.2) is 36.0 Å². The van der Waals surface area contributed by atoms with Gasteiger partial charge in [-0.25, -0.2) is 0 Å². The van der Waals surface area contributed by atoms with Crippen molar-refractivity contribution in [3.05, 3.63) is 48.0 Å². The molecule has 0 radical (unpaired) electrons. The zero-order chi connectivity index (χ0) is 12.8. The summed E-state index contributed by atoms with van der Waals surface area (Å²) in [4.78, 5) is 0. The Morgan fingerprint density at radius 2 is 1.67 bits per heavy atom. The molecule has 0 amide bonds. The van der Waals surface area contributed by atoms with Crippen LogP contribution in [0.1, 0.15) is 5.56 Å². The van der Waals surface area contributed by atoms with Gasteiger partial charge in [-0.2, -0.15) is 0 Å². The summed E-state index contributed by atoms with van der Waals surface area (Å²) >= 11 is 0. The summed E-state index contributed by atoms with van der Waals surface area (Å²) in [7, 11) is 0. The summed E-state index contributed by atoms with van der Waals surface area (Å²) in [5.74, 6) is 0. The van der Waals surface area contributed by atoms with E-state index in [0.717, 1.165) is 13.0 Å². The molecule has 18 heavy (non-hydrogen) atoms. The van der Waals surface area contributed by atoms with E-state index in [-0.39, 0.29) is 19.3 Å². The molecular formula is C15H19NO2. The number of aliphatic hydroxyl groups is 2. The maximum Gasteiger partial charge on any atom is 0.0607 e. The van der Waals surface area contributed by atoms with Gasteiger partial charge < -0.3 is 15.5 Å². The maximum absolute atomic E-state index is 8.97. The number of fused-ring (bicyclic) bond motifs is 1. The third-order valence-corrected chi connectivity index (χ3v) is 3.15. The second-order valence-corrected chi connectivity index (χ2v) is 4.40. The number of hydrogen-bond donors (Lipinski definition) is 3. The summed E-state index contributed by atoms with van der Waals surface area (Å²) in [6, 6.07) is 14.4. The number of nitrogens with one attached hydrogen (secondary N) is 1. The number of rotatable bonds is 6. The average molecular weight is 245 g/mol. The highest BCUT2D eigenvalue weighted by atomic mass is 16.3. The Morgan fingerprint density at radius 3 is 2.44 bits per heavy atom. The second-order valence-electron chi connectivity index (χ2n) is 4.40. The third kappa shape index (κ3) is 3.07. The topological polar surface area (TPSA) is 52.5 Å². The van der Waals surface area contributed by atoms with Crippen LogP contribution in [0.3, 0.4) is 0 Å². The number of aliphatic hydroxyl groups excluding tert-OH is 2. The van der Waals surface area contributed by atoms with Crippen molar-refractivity contribution < 1.29 is 10.2 Å². The lowest BCUT2D eigenvalue weighted by Gasteiger charge is -2.13. The van der Waals surface area contributed by atoms with E-state index < -0.39 is 0 Å². The molecular weight excluding hydrogens is 226 g/mol. The van der Waals surface area contributed by atoms with E-state index in [4.69, 9.17) is 10.2 Å².